The number of halogens is 4. The second-order valence-corrected chi connectivity index (χ2v) is 5.99. The Morgan fingerprint density at radius 3 is 2.43 bits per heavy atom. The number of nitrogens with one attached hydrogen (secondary N) is 2. The van der Waals surface area contributed by atoms with E-state index < -0.39 is 18.1 Å². The molecule has 0 fully saturated rings. The van der Waals surface area contributed by atoms with E-state index in [1.165, 1.54) is 38.5 Å². The summed E-state index contributed by atoms with van der Waals surface area (Å²) in [6.07, 6.45) is -5.10. The normalized spacial score (nSPS) is 17.8. The number of hydrogen-bond acceptors (Lipinski definition) is 5. The van der Waals surface area contributed by atoms with E-state index >= 15 is 0 Å². The number of benzene rings is 2. The minimum atomic E-state index is -5.10. The van der Waals surface area contributed by atoms with Gasteiger partial charge in [-0.25, -0.2) is 4.79 Å². The monoisotopic (exact) mass is 418 g/mol. The molecule has 2 aromatic carbocycles. The summed E-state index contributed by atoms with van der Waals surface area (Å²) < 4.78 is 60.9. The number of amides is 2. The van der Waals surface area contributed by atoms with Gasteiger partial charge in [0.25, 0.3) is 0 Å². The predicted octanol–water partition coefficient (Wildman–Crippen LogP) is 4.17. The van der Waals surface area contributed by atoms with Crippen LogP contribution in [0.15, 0.2) is 36.4 Å². The zero-order valence-electron chi connectivity index (χ0n) is 14.5. The molecule has 2 aromatic rings. The van der Waals surface area contributed by atoms with Crippen LogP contribution in [0.4, 0.5) is 23.7 Å². The van der Waals surface area contributed by atoms with Crippen molar-refractivity contribution in [2.75, 3.05) is 19.5 Å². The van der Waals surface area contributed by atoms with Gasteiger partial charge in [-0.1, -0.05) is 11.6 Å². The molecule has 150 valence electrons. The van der Waals surface area contributed by atoms with Crippen molar-refractivity contribution < 1.29 is 36.9 Å². The van der Waals surface area contributed by atoms with E-state index in [1.807, 2.05) is 0 Å². The molecule has 1 aliphatic rings. The summed E-state index contributed by atoms with van der Waals surface area (Å²) in [5.41, 5.74) is 0.0789. The summed E-state index contributed by atoms with van der Waals surface area (Å²) in [4.78, 5) is 12.3. The molecule has 7 nitrogen and oxygen atoms in total. The average Bonchev–Trinajstić information content (AvgIpc) is 2.99. The topological polar surface area (TPSA) is 78.1 Å². The van der Waals surface area contributed by atoms with Gasteiger partial charge in [0.2, 0.25) is 0 Å². The molecule has 1 heterocycles. The van der Waals surface area contributed by atoms with Crippen LogP contribution in [0.2, 0.25) is 5.02 Å². The summed E-state index contributed by atoms with van der Waals surface area (Å²) >= 11 is 5.76. The van der Waals surface area contributed by atoms with E-state index in [1.54, 1.807) is 11.4 Å². The summed E-state index contributed by atoms with van der Waals surface area (Å²) in [6, 6.07) is 6.85. The lowest BCUT2D eigenvalue weighted by Gasteiger charge is -2.29. The molecule has 3 rings (SSSR count). The second kappa shape index (κ2) is 7.19. The second-order valence-electron chi connectivity index (χ2n) is 5.55. The fourth-order valence-corrected chi connectivity index (χ4v) is 2.59. The Balaban J connectivity index is 1.85. The molecule has 2 N–H and O–H groups in total. The van der Waals surface area contributed by atoms with Gasteiger partial charge in [-0.2, -0.15) is 13.2 Å². The van der Waals surface area contributed by atoms with Gasteiger partial charge in [-0.05, 0) is 24.3 Å². The van der Waals surface area contributed by atoms with Crippen LogP contribution >= 0.6 is 11.6 Å². The number of methoxy groups -OCH3 is 2. The molecule has 0 saturated carbocycles. The summed E-state index contributed by atoms with van der Waals surface area (Å²) in [6.45, 7) is 0. The molecule has 0 aliphatic carbocycles. The molecule has 0 unspecified atom stereocenters. The molecule has 0 saturated heterocycles. The molecule has 1 aliphatic heterocycles. The highest BCUT2D eigenvalue weighted by Gasteiger charge is 2.65. The standard InChI is InChI=1S/C17H14ClF3N2O5/c1-25-10-4-6-12(26-2)11(8-10)22-15(24)23-17(16(19,20)21)27-13-5-3-9(18)7-14(13)28-17/h3-8H,1-2H3,(H2,22,23,24)/t17-/m0/s1. The molecule has 0 aromatic heterocycles. The molecular formula is C17H14ClF3N2O5. The molecular weight excluding hydrogens is 405 g/mol. The lowest BCUT2D eigenvalue weighted by Crippen LogP contribution is -2.65. The van der Waals surface area contributed by atoms with Crippen molar-refractivity contribution in [1.29, 1.82) is 0 Å². The van der Waals surface area contributed by atoms with E-state index in [0.717, 1.165) is 6.07 Å². The largest absolute Gasteiger partial charge is 0.497 e. The van der Waals surface area contributed by atoms with Gasteiger partial charge in [-0.15, -0.1) is 0 Å². The van der Waals surface area contributed by atoms with Crippen LogP contribution in [0, 0.1) is 0 Å². The van der Waals surface area contributed by atoms with E-state index in [2.05, 4.69) is 5.32 Å². The summed E-state index contributed by atoms with van der Waals surface area (Å²) in [5.74, 6) is -3.33. The molecule has 0 bridgehead atoms. The van der Waals surface area contributed by atoms with Crippen LogP contribution in [-0.2, 0) is 0 Å². The third-order valence-corrected chi connectivity index (χ3v) is 3.95. The van der Waals surface area contributed by atoms with Crippen molar-refractivity contribution in [3.63, 3.8) is 0 Å². The Hall–Kier alpha value is -3.01. The van der Waals surface area contributed by atoms with Gasteiger partial charge in [-0.3, -0.25) is 5.32 Å². The SMILES string of the molecule is COc1ccc(OC)c(NC(=O)N[C@@]2(C(F)(F)F)Oc3ccc(Cl)cc3O2)c1. The number of alkyl halides is 3. The van der Waals surface area contributed by atoms with Crippen LogP contribution in [0.3, 0.4) is 0 Å². The highest BCUT2D eigenvalue weighted by atomic mass is 35.5. The average molecular weight is 419 g/mol. The minimum absolute atomic E-state index is 0.0789. The van der Waals surface area contributed by atoms with Crippen LogP contribution in [-0.4, -0.2) is 32.3 Å². The Morgan fingerprint density at radius 2 is 1.79 bits per heavy atom. The lowest BCUT2D eigenvalue weighted by atomic mass is 10.2. The number of urea groups is 1. The van der Waals surface area contributed by atoms with E-state index in [-0.39, 0.29) is 28.0 Å². The van der Waals surface area contributed by atoms with Crippen molar-refractivity contribution >= 4 is 23.3 Å². The number of rotatable bonds is 4. The summed E-state index contributed by atoms with van der Waals surface area (Å²) in [7, 11) is 2.73. The van der Waals surface area contributed by atoms with E-state index in [9.17, 15) is 18.0 Å². The van der Waals surface area contributed by atoms with Gasteiger partial charge in [0.15, 0.2) is 11.5 Å². The van der Waals surface area contributed by atoms with Crippen molar-refractivity contribution in [2.45, 2.75) is 12.1 Å². The number of carbonyl (C=O) groups excluding carboxylic acids is 1. The first-order chi connectivity index (χ1) is 13.2. The molecule has 0 spiro atoms. The van der Waals surface area contributed by atoms with Crippen molar-refractivity contribution in [2.24, 2.45) is 0 Å². The smallest absolute Gasteiger partial charge is 0.492 e. The maximum atomic E-state index is 13.7. The summed E-state index contributed by atoms with van der Waals surface area (Å²) in [5, 5.41) is 4.08. The zero-order chi connectivity index (χ0) is 20.5. The lowest BCUT2D eigenvalue weighted by molar-refractivity contribution is -0.317. The van der Waals surface area contributed by atoms with Gasteiger partial charge in [0, 0.05) is 17.2 Å². The highest BCUT2D eigenvalue weighted by Crippen LogP contribution is 2.46. The van der Waals surface area contributed by atoms with Crippen LogP contribution in [0.25, 0.3) is 0 Å². The highest BCUT2D eigenvalue weighted by molar-refractivity contribution is 6.30. The van der Waals surface area contributed by atoms with Crippen LogP contribution in [0.1, 0.15) is 0 Å². The first-order valence-corrected chi connectivity index (χ1v) is 8.11. The Bertz CT molecular complexity index is 909. The minimum Gasteiger partial charge on any atom is -0.497 e. The third-order valence-electron chi connectivity index (χ3n) is 3.72. The molecule has 11 heteroatoms. The maximum Gasteiger partial charge on any atom is 0.492 e. The first kappa shape index (κ1) is 19.7. The number of fused-ring (bicyclic) bond motifs is 1. The van der Waals surface area contributed by atoms with Gasteiger partial charge >= 0.3 is 18.1 Å². The van der Waals surface area contributed by atoms with Crippen molar-refractivity contribution in [1.82, 2.24) is 5.32 Å². The molecule has 2 amide bonds. The number of carbonyl (C=O) groups is 1. The molecule has 0 radical (unpaired) electrons. The van der Waals surface area contributed by atoms with Gasteiger partial charge in [0.05, 0.1) is 19.9 Å². The molecule has 28 heavy (non-hydrogen) atoms. The fourth-order valence-electron chi connectivity index (χ4n) is 2.43. The van der Waals surface area contributed by atoms with E-state index in [0.29, 0.717) is 5.75 Å². The zero-order valence-corrected chi connectivity index (χ0v) is 15.3. The molecule has 1 atom stereocenters. The fraction of sp³-hybridized carbons (Fsp3) is 0.235. The predicted molar refractivity (Wildman–Crippen MR) is 93.2 cm³/mol. The van der Waals surface area contributed by atoms with Crippen molar-refractivity contribution in [3.8, 4) is 23.0 Å². The first-order valence-electron chi connectivity index (χ1n) is 7.73. The quantitative estimate of drug-likeness (QED) is 0.779. The van der Waals surface area contributed by atoms with E-state index in [4.69, 9.17) is 30.5 Å². The Kier molecular flexibility index (Phi) is 5.07. The van der Waals surface area contributed by atoms with Crippen LogP contribution in [0.5, 0.6) is 23.0 Å². The van der Waals surface area contributed by atoms with Gasteiger partial charge < -0.3 is 24.3 Å². The van der Waals surface area contributed by atoms with Crippen molar-refractivity contribution in [3.05, 3.63) is 41.4 Å². The number of anilines is 1. The number of hydrogen-bond donors (Lipinski definition) is 2. The van der Waals surface area contributed by atoms with Gasteiger partial charge in [0.1, 0.15) is 11.5 Å². The maximum absolute atomic E-state index is 13.7. The van der Waals surface area contributed by atoms with Crippen LogP contribution < -0.4 is 29.6 Å². The Morgan fingerprint density at radius 1 is 1.07 bits per heavy atom. The number of ether oxygens (including phenoxy) is 4. The Labute approximate surface area is 162 Å². The third kappa shape index (κ3) is 3.68.